The van der Waals surface area contributed by atoms with Gasteiger partial charge in [-0.2, -0.15) is 5.26 Å². The van der Waals surface area contributed by atoms with E-state index in [0.29, 0.717) is 30.4 Å². The molecule has 0 saturated heterocycles. The van der Waals surface area contributed by atoms with Crippen molar-refractivity contribution in [3.05, 3.63) is 77.9 Å². The maximum Gasteiger partial charge on any atom is 0.312 e. The molecule has 2 unspecified atom stereocenters. The topological polar surface area (TPSA) is 145 Å². The third kappa shape index (κ3) is 5.20. The van der Waals surface area contributed by atoms with E-state index in [1.165, 1.54) is 6.08 Å². The second-order valence-electron chi connectivity index (χ2n) is 9.42. The molecule has 0 radical (unpaired) electrons. The monoisotopic (exact) mass is 473 g/mol. The Labute approximate surface area is 204 Å². The van der Waals surface area contributed by atoms with Crippen molar-refractivity contribution >= 4 is 11.9 Å². The Bertz CT molecular complexity index is 1140. The van der Waals surface area contributed by atoms with E-state index >= 15 is 0 Å². The van der Waals surface area contributed by atoms with Gasteiger partial charge in [0, 0.05) is 12.1 Å². The smallest absolute Gasteiger partial charge is 0.312 e. The molecular formula is C27H31N5O3. The van der Waals surface area contributed by atoms with Crippen LogP contribution in [0.1, 0.15) is 48.8 Å². The molecule has 1 amide bonds. The number of nitrogens with zero attached hydrogens (tertiary/aromatic N) is 2. The Balaban J connectivity index is 1.60. The maximum atomic E-state index is 13.2. The van der Waals surface area contributed by atoms with Gasteiger partial charge < -0.3 is 21.1 Å². The number of carboxylic acid groups (broad SMARTS) is 1. The maximum absolute atomic E-state index is 13.2. The summed E-state index contributed by atoms with van der Waals surface area (Å²) in [5.74, 6) is -1.27. The molecule has 2 aliphatic rings. The zero-order valence-corrected chi connectivity index (χ0v) is 19.6. The van der Waals surface area contributed by atoms with Gasteiger partial charge in [-0.15, -0.1) is 0 Å². The number of carbonyl (C=O) groups is 2. The molecule has 35 heavy (non-hydrogen) atoms. The molecule has 1 aromatic heterocycles. The molecular weight excluding hydrogens is 442 g/mol. The number of nitriles is 1. The molecule has 3 atom stereocenters. The van der Waals surface area contributed by atoms with Crippen LogP contribution in [0.4, 0.5) is 0 Å². The normalized spacial score (nSPS) is 26.6. The lowest BCUT2D eigenvalue weighted by Crippen LogP contribution is -2.38. The van der Waals surface area contributed by atoms with Crippen molar-refractivity contribution in [2.24, 2.45) is 23.5 Å². The third-order valence-electron chi connectivity index (χ3n) is 7.22. The molecule has 0 spiro atoms. The highest BCUT2D eigenvalue weighted by Crippen LogP contribution is 2.37. The second-order valence-corrected chi connectivity index (χ2v) is 9.42. The minimum absolute atomic E-state index is 0.0155. The number of carbonyl (C=O) groups excluding carboxylic acids is 1. The average Bonchev–Trinajstić information content (AvgIpc) is 3.39. The molecule has 1 heterocycles. The van der Waals surface area contributed by atoms with E-state index in [0.717, 1.165) is 31.2 Å². The van der Waals surface area contributed by atoms with Crippen molar-refractivity contribution < 1.29 is 14.7 Å². The van der Waals surface area contributed by atoms with Gasteiger partial charge in [-0.1, -0.05) is 54.6 Å². The zero-order chi connectivity index (χ0) is 24.8. The summed E-state index contributed by atoms with van der Waals surface area (Å²) >= 11 is 0. The predicted octanol–water partition coefficient (Wildman–Crippen LogP) is 3.16. The van der Waals surface area contributed by atoms with Gasteiger partial charge in [0.25, 0.3) is 0 Å². The number of aromatic amines is 1. The number of aliphatic carboxylic acids is 1. The van der Waals surface area contributed by atoms with Crippen LogP contribution < -0.4 is 11.1 Å². The number of allylic oxidation sites excluding steroid dienone is 3. The number of rotatable bonds is 8. The minimum atomic E-state index is -1.43. The van der Waals surface area contributed by atoms with E-state index in [9.17, 15) is 20.0 Å². The molecule has 4 rings (SSSR count). The number of amides is 1. The van der Waals surface area contributed by atoms with E-state index in [4.69, 9.17) is 5.73 Å². The molecule has 2 aliphatic carbocycles. The number of imidazole rings is 1. The fraction of sp³-hybridized carbons (Fsp3) is 0.407. The van der Waals surface area contributed by atoms with E-state index in [1.807, 2.05) is 30.3 Å². The average molecular weight is 474 g/mol. The first-order chi connectivity index (χ1) is 17.0. The van der Waals surface area contributed by atoms with Gasteiger partial charge >= 0.3 is 5.97 Å². The molecule has 2 aromatic rings. The largest absolute Gasteiger partial charge is 0.481 e. The number of hydrogen-bond donors (Lipinski definition) is 4. The first kappa shape index (κ1) is 24.4. The molecule has 8 nitrogen and oxygen atoms in total. The van der Waals surface area contributed by atoms with Crippen LogP contribution in [0, 0.1) is 29.1 Å². The Kier molecular flexibility index (Phi) is 7.47. The van der Waals surface area contributed by atoms with Crippen molar-refractivity contribution in [1.29, 1.82) is 5.26 Å². The first-order valence-electron chi connectivity index (χ1n) is 12.1. The van der Waals surface area contributed by atoms with Crippen LogP contribution in [0.15, 0.2) is 60.8 Å². The van der Waals surface area contributed by atoms with Gasteiger partial charge in [0.2, 0.25) is 5.91 Å². The van der Waals surface area contributed by atoms with Crippen molar-refractivity contribution in [3.63, 3.8) is 0 Å². The van der Waals surface area contributed by atoms with Crippen LogP contribution in [-0.2, 0) is 21.4 Å². The van der Waals surface area contributed by atoms with Gasteiger partial charge in [0.15, 0.2) is 0 Å². The van der Waals surface area contributed by atoms with E-state index in [2.05, 4.69) is 21.4 Å². The lowest BCUT2D eigenvalue weighted by molar-refractivity contribution is -0.141. The summed E-state index contributed by atoms with van der Waals surface area (Å²) in [5.41, 5.74) is 5.71. The highest BCUT2D eigenvalue weighted by molar-refractivity contribution is 5.79. The van der Waals surface area contributed by atoms with Crippen LogP contribution >= 0.6 is 0 Å². The first-order valence-corrected chi connectivity index (χ1v) is 12.1. The number of H-pyrrole nitrogens is 1. The highest BCUT2D eigenvalue weighted by atomic mass is 16.4. The van der Waals surface area contributed by atoms with Gasteiger partial charge in [-0.3, -0.25) is 9.59 Å². The molecule has 0 bridgehead atoms. The highest BCUT2D eigenvalue weighted by Gasteiger charge is 2.45. The number of hydrogen-bond acceptors (Lipinski definition) is 5. The Morgan fingerprint density at radius 2 is 1.97 bits per heavy atom. The van der Waals surface area contributed by atoms with Crippen molar-refractivity contribution in [1.82, 2.24) is 15.3 Å². The summed E-state index contributed by atoms with van der Waals surface area (Å²) in [5, 5.41) is 22.9. The van der Waals surface area contributed by atoms with E-state index in [1.54, 1.807) is 24.4 Å². The van der Waals surface area contributed by atoms with Gasteiger partial charge in [-0.25, -0.2) is 4.98 Å². The summed E-state index contributed by atoms with van der Waals surface area (Å²) < 4.78 is 0. The molecule has 182 valence electrons. The lowest BCUT2D eigenvalue weighted by Gasteiger charge is -2.29. The number of carboxylic acids is 1. The summed E-state index contributed by atoms with van der Waals surface area (Å²) in [6.07, 6.45) is 12.0. The van der Waals surface area contributed by atoms with E-state index in [-0.39, 0.29) is 11.8 Å². The van der Waals surface area contributed by atoms with Crippen LogP contribution in [0.2, 0.25) is 0 Å². The summed E-state index contributed by atoms with van der Waals surface area (Å²) in [6, 6.07) is 11.5. The predicted molar refractivity (Wildman–Crippen MR) is 131 cm³/mol. The third-order valence-corrected chi connectivity index (χ3v) is 7.22. The Hall–Kier alpha value is -3.70. The SMILES string of the molecule is N#CC1(c2c[nH]c([C@H](Cc3ccccc3)NC(=O)C3CCC(CN)CC3)n2)C=CC=CC1C(=O)O. The van der Waals surface area contributed by atoms with Crippen LogP contribution in [-0.4, -0.2) is 33.5 Å². The van der Waals surface area contributed by atoms with E-state index < -0.39 is 23.3 Å². The zero-order valence-electron chi connectivity index (χ0n) is 19.6. The molecule has 1 aromatic carbocycles. The molecule has 5 N–H and O–H groups in total. The number of benzene rings is 1. The van der Waals surface area contributed by atoms with Crippen molar-refractivity contribution in [2.75, 3.05) is 6.54 Å². The molecule has 1 saturated carbocycles. The number of nitrogens with one attached hydrogen (secondary N) is 2. The second kappa shape index (κ2) is 10.7. The lowest BCUT2D eigenvalue weighted by atomic mass is 9.72. The van der Waals surface area contributed by atoms with Crippen LogP contribution in [0.25, 0.3) is 0 Å². The Morgan fingerprint density at radius 3 is 2.63 bits per heavy atom. The standard InChI is InChI=1S/C27H31N5O3/c28-15-19-9-11-20(12-10-19)25(33)31-22(14-18-6-2-1-3-7-18)24-30-16-23(32-24)27(17-29)13-5-4-8-21(27)26(34)35/h1-8,13,16,19-22H,9-12,14-15,28H2,(H,30,32)(H,31,33)(H,34,35)/t19?,20?,21?,22-,27?/m0/s1. The van der Waals surface area contributed by atoms with Crippen molar-refractivity contribution in [3.8, 4) is 6.07 Å². The van der Waals surface area contributed by atoms with Crippen molar-refractivity contribution in [2.45, 2.75) is 43.6 Å². The molecule has 8 heteroatoms. The Morgan fingerprint density at radius 1 is 1.23 bits per heavy atom. The molecule has 0 aliphatic heterocycles. The number of aromatic nitrogens is 2. The number of nitrogens with two attached hydrogens (primary N) is 1. The minimum Gasteiger partial charge on any atom is -0.481 e. The fourth-order valence-corrected chi connectivity index (χ4v) is 5.07. The molecule has 1 fully saturated rings. The van der Waals surface area contributed by atoms with Gasteiger partial charge in [0.1, 0.15) is 17.2 Å². The quantitative estimate of drug-likeness (QED) is 0.463. The van der Waals surface area contributed by atoms with Crippen LogP contribution in [0.3, 0.4) is 0 Å². The summed E-state index contributed by atoms with van der Waals surface area (Å²) in [6.45, 7) is 0.655. The fourth-order valence-electron chi connectivity index (χ4n) is 5.07. The van der Waals surface area contributed by atoms with Gasteiger partial charge in [-0.05, 0) is 50.1 Å². The van der Waals surface area contributed by atoms with Gasteiger partial charge in [0.05, 0.1) is 17.8 Å². The van der Waals surface area contributed by atoms with Crippen LogP contribution in [0.5, 0.6) is 0 Å². The summed E-state index contributed by atoms with van der Waals surface area (Å²) in [7, 11) is 0. The summed E-state index contributed by atoms with van der Waals surface area (Å²) in [4.78, 5) is 32.9.